The summed E-state index contributed by atoms with van der Waals surface area (Å²) >= 11 is 0. The fourth-order valence-electron chi connectivity index (χ4n) is 4.67. The zero-order valence-corrected chi connectivity index (χ0v) is 14.9. The normalized spacial score (nSPS) is 30.4. The molecule has 0 aliphatic carbocycles. The van der Waals surface area contributed by atoms with Crippen LogP contribution in [0.2, 0.25) is 0 Å². The van der Waals surface area contributed by atoms with Gasteiger partial charge in [0.05, 0.1) is 7.11 Å². The second kappa shape index (κ2) is 6.18. The molecule has 2 fully saturated rings. The van der Waals surface area contributed by atoms with Crippen LogP contribution in [-0.4, -0.2) is 73.9 Å². The van der Waals surface area contributed by atoms with Gasteiger partial charge in [-0.05, 0) is 39.0 Å². The molecule has 0 aromatic heterocycles. The Kier molecular flexibility index (Phi) is 4.12. The van der Waals surface area contributed by atoms with Gasteiger partial charge in [-0.2, -0.15) is 0 Å². The first-order chi connectivity index (χ1) is 12.0. The molecule has 6 heteroatoms. The number of carboxylic acid groups (broad SMARTS) is 1. The molecule has 2 atom stereocenters. The van der Waals surface area contributed by atoms with Gasteiger partial charge in [-0.25, -0.2) is 0 Å². The number of carbonyl (C=O) groups is 1. The number of methoxy groups -OCH3 is 1. The number of hydrogen-bond acceptors (Lipinski definition) is 5. The summed E-state index contributed by atoms with van der Waals surface area (Å²) in [4.78, 5) is 17.0. The second-order valence-corrected chi connectivity index (χ2v) is 7.67. The molecule has 0 spiro atoms. The van der Waals surface area contributed by atoms with Crippen LogP contribution in [-0.2, 0) is 4.79 Å². The van der Waals surface area contributed by atoms with Gasteiger partial charge >= 0.3 is 5.97 Å². The Morgan fingerprint density at radius 1 is 1.36 bits per heavy atom. The summed E-state index contributed by atoms with van der Waals surface area (Å²) in [6.45, 7) is 3.76. The molecular formula is C19H26N2O4. The maximum atomic E-state index is 12.2. The van der Waals surface area contributed by atoms with Crippen LogP contribution >= 0.6 is 0 Å². The van der Waals surface area contributed by atoms with Crippen molar-refractivity contribution in [2.24, 2.45) is 5.41 Å². The van der Waals surface area contributed by atoms with E-state index in [1.54, 1.807) is 7.11 Å². The summed E-state index contributed by atoms with van der Waals surface area (Å²) in [5.41, 5.74) is 0.162. The van der Waals surface area contributed by atoms with Crippen molar-refractivity contribution < 1.29 is 19.4 Å². The van der Waals surface area contributed by atoms with Gasteiger partial charge in [0.25, 0.3) is 0 Å². The summed E-state index contributed by atoms with van der Waals surface area (Å²) in [7, 11) is 3.78. The highest BCUT2D eigenvalue weighted by molar-refractivity contribution is 5.78. The maximum absolute atomic E-state index is 12.2. The number of ether oxygens (including phenoxy) is 2. The van der Waals surface area contributed by atoms with Crippen molar-refractivity contribution in [3.63, 3.8) is 0 Å². The third-order valence-corrected chi connectivity index (χ3v) is 6.28. The van der Waals surface area contributed by atoms with E-state index in [1.807, 2.05) is 18.2 Å². The molecule has 4 rings (SSSR count). The lowest BCUT2D eigenvalue weighted by molar-refractivity contribution is -0.152. The minimum atomic E-state index is -0.842. The maximum Gasteiger partial charge on any atom is 0.315 e. The van der Waals surface area contributed by atoms with Crippen LogP contribution in [0.15, 0.2) is 18.2 Å². The lowest BCUT2D eigenvalue weighted by Crippen LogP contribution is -2.47. The van der Waals surface area contributed by atoms with E-state index >= 15 is 0 Å². The number of aliphatic carboxylic acids is 1. The van der Waals surface area contributed by atoms with Gasteiger partial charge in [0.1, 0.15) is 23.5 Å². The molecule has 0 bridgehead atoms. The summed E-state index contributed by atoms with van der Waals surface area (Å²) in [6, 6.07) is 6.23. The van der Waals surface area contributed by atoms with E-state index in [-0.39, 0.29) is 12.5 Å². The lowest BCUT2D eigenvalue weighted by Gasteiger charge is -2.36. The monoisotopic (exact) mass is 346 g/mol. The highest BCUT2D eigenvalue weighted by Crippen LogP contribution is 2.51. The average molecular weight is 346 g/mol. The summed E-state index contributed by atoms with van der Waals surface area (Å²) in [6.07, 6.45) is 2.21. The van der Waals surface area contributed by atoms with Crippen LogP contribution in [0.4, 0.5) is 0 Å². The topological polar surface area (TPSA) is 62.2 Å². The van der Waals surface area contributed by atoms with E-state index in [1.165, 1.54) is 0 Å². The minimum absolute atomic E-state index is 0.0284. The summed E-state index contributed by atoms with van der Waals surface area (Å²) in [5.74, 6) is 0.743. The zero-order chi connectivity index (χ0) is 17.6. The molecule has 3 aliphatic rings. The first-order valence-electron chi connectivity index (χ1n) is 9.00. The van der Waals surface area contributed by atoms with Crippen molar-refractivity contribution >= 4 is 5.97 Å². The molecular weight excluding hydrogens is 320 g/mol. The SMILES string of the molecule is COc1ccc2c(c1)OC[C@]1(C(=O)O)CN(C3CCN(C)CC3)C[C@H]21. The molecule has 1 aromatic rings. The molecule has 3 heterocycles. The predicted molar refractivity (Wildman–Crippen MR) is 93.4 cm³/mol. The van der Waals surface area contributed by atoms with Crippen LogP contribution in [0.3, 0.4) is 0 Å². The fourth-order valence-corrected chi connectivity index (χ4v) is 4.67. The van der Waals surface area contributed by atoms with Crippen LogP contribution < -0.4 is 9.47 Å². The Morgan fingerprint density at radius 3 is 2.80 bits per heavy atom. The van der Waals surface area contributed by atoms with Gasteiger partial charge in [0, 0.05) is 36.7 Å². The van der Waals surface area contributed by atoms with Gasteiger partial charge in [-0.3, -0.25) is 9.69 Å². The predicted octanol–water partition coefficient (Wildman–Crippen LogP) is 1.65. The molecule has 6 nitrogen and oxygen atoms in total. The summed E-state index contributed by atoms with van der Waals surface area (Å²) in [5, 5.41) is 10.0. The number of piperidine rings is 1. The molecule has 0 radical (unpaired) electrons. The van der Waals surface area contributed by atoms with Crippen LogP contribution in [0, 0.1) is 5.41 Å². The lowest BCUT2D eigenvalue weighted by atomic mass is 9.73. The standard InChI is InChI=1S/C19H26N2O4/c1-20-7-5-13(6-8-20)21-10-16-15-4-3-14(24-2)9-17(15)25-12-19(16,11-21)18(22)23/h3-4,9,13,16H,5-8,10-12H2,1-2H3,(H,22,23)/t16-,19-/m1/s1. The van der Waals surface area contributed by atoms with E-state index in [0.29, 0.717) is 12.6 Å². The van der Waals surface area contributed by atoms with E-state index in [9.17, 15) is 9.90 Å². The molecule has 0 amide bonds. The largest absolute Gasteiger partial charge is 0.497 e. The molecule has 25 heavy (non-hydrogen) atoms. The Morgan fingerprint density at radius 2 is 2.12 bits per heavy atom. The quantitative estimate of drug-likeness (QED) is 0.898. The first-order valence-corrected chi connectivity index (χ1v) is 9.00. The Balaban J connectivity index is 1.64. The number of nitrogens with zero attached hydrogens (tertiary/aromatic N) is 2. The van der Waals surface area contributed by atoms with Gasteiger partial charge < -0.3 is 19.5 Å². The van der Waals surface area contributed by atoms with Gasteiger partial charge in [0.15, 0.2) is 0 Å². The fraction of sp³-hybridized carbons (Fsp3) is 0.632. The van der Waals surface area contributed by atoms with E-state index in [0.717, 1.165) is 49.5 Å². The van der Waals surface area contributed by atoms with Crippen molar-refractivity contribution in [3.8, 4) is 11.5 Å². The molecule has 3 aliphatic heterocycles. The van der Waals surface area contributed by atoms with E-state index in [4.69, 9.17) is 9.47 Å². The first kappa shape index (κ1) is 16.7. The van der Waals surface area contributed by atoms with Crippen molar-refractivity contribution in [2.75, 3.05) is 46.9 Å². The van der Waals surface area contributed by atoms with Crippen LogP contribution in [0.1, 0.15) is 24.3 Å². The van der Waals surface area contributed by atoms with Crippen LogP contribution in [0.25, 0.3) is 0 Å². The van der Waals surface area contributed by atoms with Crippen molar-refractivity contribution in [2.45, 2.75) is 24.8 Å². The molecule has 0 saturated carbocycles. The molecule has 1 aromatic carbocycles. The third kappa shape index (κ3) is 2.68. The molecule has 0 unspecified atom stereocenters. The number of rotatable bonds is 3. The van der Waals surface area contributed by atoms with Gasteiger partial charge in [0.2, 0.25) is 0 Å². The van der Waals surface area contributed by atoms with Gasteiger partial charge in [-0.15, -0.1) is 0 Å². The Hall–Kier alpha value is -1.79. The average Bonchev–Trinajstić information content (AvgIpc) is 3.03. The Labute approximate surface area is 148 Å². The molecule has 2 saturated heterocycles. The molecule has 1 N–H and O–H groups in total. The highest BCUT2D eigenvalue weighted by Gasteiger charge is 2.57. The number of fused-ring (bicyclic) bond motifs is 3. The van der Waals surface area contributed by atoms with Crippen molar-refractivity contribution in [3.05, 3.63) is 23.8 Å². The number of carboxylic acids is 1. The van der Waals surface area contributed by atoms with Crippen LogP contribution in [0.5, 0.6) is 11.5 Å². The molecule has 136 valence electrons. The minimum Gasteiger partial charge on any atom is -0.497 e. The summed E-state index contributed by atoms with van der Waals surface area (Å²) < 4.78 is 11.2. The van der Waals surface area contributed by atoms with Crippen molar-refractivity contribution in [1.82, 2.24) is 9.80 Å². The smallest absolute Gasteiger partial charge is 0.315 e. The van der Waals surface area contributed by atoms with E-state index in [2.05, 4.69) is 16.8 Å². The number of benzene rings is 1. The highest BCUT2D eigenvalue weighted by atomic mass is 16.5. The Bertz CT molecular complexity index is 671. The van der Waals surface area contributed by atoms with Gasteiger partial charge in [-0.1, -0.05) is 6.07 Å². The van der Waals surface area contributed by atoms with E-state index < -0.39 is 11.4 Å². The number of hydrogen-bond donors (Lipinski definition) is 1. The second-order valence-electron chi connectivity index (χ2n) is 7.67. The van der Waals surface area contributed by atoms with Crippen molar-refractivity contribution in [1.29, 1.82) is 0 Å². The number of likely N-dealkylation sites (tertiary alicyclic amines) is 2. The zero-order valence-electron chi connectivity index (χ0n) is 14.9. The third-order valence-electron chi connectivity index (χ3n) is 6.28.